The fourth-order valence-electron chi connectivity index (χ4n) is 3.17. The molecule has 0 aliphatic carbocycles. The fourth-order valence-corrected chi connectivity index (χ4v) is 3.17. The van der Waals surface area contributed by atoms with Gasteiger partial charge in [0.25, 0.3) is 0 Å². The summed E-state index contributed by atoms with van der Waals surface area (Å²) < 4.78 is 20.6. The van der Waals surface area contributed by atoms with Crippen molar-refractivity contribution in [1.82, 2.24) is 14.7 Å². The van der Waals surface area contributed by atoms with Gasteiger partial charge in [-0.25, -0.2) is 9.18 Å². The van der Waals surface area contributed by atoms with Crippen molar-refractivity contribution in [3.63, 3.8) is 0 Å². The minimum atomic E-state index is -0.559. The first-order chi connectivity index (χ1) is 15.3. The van der Waals surface area contributed by atoms with Gasteiger partial charge in [-0.3, -0.25) is 4.68 Å². The number of aromatic nitrogens is 2. The van der Waals surface area contributed by atoms with Crippen LogP contribution in [0.1, 0.15) is 11.1 Å². The summed E-state index contributed by atoms with van der Waals surface area (Å²) in [6, 6.07) is 11.1. The highest BCUT2D eigenvalue weighted by atomic mass is 19.1. The van der Waals surface area contributed by atoms with Crippen molar-refractivity contribution in [1.29, 1.82) is 0 Å². The molecule has 0 fully saturated rings. The first-order valence-corrected chi connectivity index (χ1v) is 10.2. The van der Waals surface area contributed by atoms with Gasteiger partial charge >= 0.3 is 6.03 Å². The number of urea groups is 1. The number of rotatable bonds is 9. The lowest BCUT2D eigenvalue weighted by Gasteiger charge is -2.15. The van der Waals surface area contributed by atoms with Crippen molar-refractivity contribution < 1.29 is 19.0 Å². The summed E-state index contributed by atoms with van der Waals surface area (Å²) >= 11 is 0. The van der Waals surface area contributed by atoms with E-state index in [2.05, 4.69) is 15.7 Å². The number of amides is 2. The van der Waals surface area contributed by atoms with E-state index >= 15 is 0 Å². The van der Waals surface area contributed by atoms with Gasteiger partial charge in [-0.1, -0.05) is 12.1 Å². The summed E-state index contributed by atoms with van der Waals surface area (Å²) in [5, 5.41) is 19.7. The Kier molecular flexibility index (Phi) is 7.80. The van der Waals surface area contributed by atoms with Gasteiger partial charge in [0.15, 0.2) is 0 Å². The maximum Gasteiger partial charge on any atom is 0.323 e. The summed E-state index contributed by atoms with van der Waals surface area (Å²) in [6.45, 7) is 2.95. The number of halogens is 1. The van der Waals surface area contributed by atoms with E-state index in [1.807, 2.05) is 25.9 Å². The van der Waals surface area contributed by atoms with E-state index in [9.17, 15) is 14.3 Å². The third kappa shape index (κ3) is 7.07. The molecule has 1 heterocycles. The number of ether oxygens (including phenoxy) is 1. The van der Waals surface area contributed by atoms with Crippen LogP contribution in [0.2, 0.25) is 0 Å². The third-order valence-electron chi connectivity index (χ3n) is 4.61. The zero-order valence-electron chi connectivity index (χ0n) is 18.4. The number of aliphatic hydroxyl groups excluding tert-OH is 1. The zero-order valence-corrected chi connectivity index (χ0v) is 18.4. The molecule has 32 heavy (non-hydrogen) atoms. The maximum atomic E-state index is 13.3. The van der Waals surface area contributed by atoms with Crippen molar-refractivity contribution in [3.8, 4) is 5.75 Å². The van der Waals surface area contributed by atoms with E-state index in [4.69, 9.17) is 4.74 Å². The van der Waals surface area contributed by atoms with Crippen LogP contribution in [-0.4, -0.2) is 52.6 Å². The molecule has 0 saturated heterocycles. The monoisotopic (exact) mass is 441 g/mol. The largest absolute Gasteiger partial charge is 0.489 e. The number of carbonyl (C=O) groups excluding carboxylic acids is 1. The molecule has 1 unspecified atom stereocenters. The van der Waals surface area contributed by atoms with Crippen molar-refractivity contribution in [2.75, 3.05) is 31.3 Å². The molecule has 0 radical (unpaired) electrons. The van der Waals surface area contributed by atoms with Gasteiger partial charge in [0.05, 0.1) is 24.5 Å². The third-order valence-corrected chi connectivity index (χ3v) is 4.61. The van der Waals surface area contributed by atoms with E-state index in [0.717, 1.165) is 11.1 Å². The highest BCUT2D eigenvalue weighted by Gasteiger charge is 2.10. The maximum absolute atomic E-state index is 13.3. The average Bonchev–Trinajstić information content (AvgIpc) is 3.14. The predicted octanol–water partition coefficient (Wildman–Crippen LogP) is 3.48. The lowest BCUT2D eigenvalue weighted by molar-refractivity contribution is 0.116. The van der Waals surface area contributed by atoms with Gasteiger partial charge in [0.1, 0.15) is 18.2 Å². The highest BCUT2D eigenvalue weighted by Crippen LogP contribution is 2.22. The van der Waals surface area contributed by atoms with Gasteiger partial charge in [-0.05, 0) is 62.5 Å². The molecule has 1 atom stereocenters. The lowest BCUT2D eigenvalue weighted by atomic mass is 10.2. The number of nitrogens with one attached hydrogen (secondary N) is 2. The number of aliphatic hydroxyl groups is 1. The summed E-state index contributed by atoms with van der Waals surface area (Å²) in [6.07, 6.45) is 2.63. The molecular weight excluding hydrogens is 413 g/mol. The molecule has 9 heteroatoms. The smallest absolute Gasteiger partial charge is 0.323 e. The molecule has 3 rings (SSSR count). The average molecular weight is 442 g/mol. The van der Waals surface area contributed by atoms with E-state index in [-0.39, 0.29) is 12.4 Å². The van der Waals surface area contributed by atoms with Gasteiger partial charge in [0.2, 0.25) is 0 Å². The van der Waals surface area contributed by atoms with E-state index in [0.29, 0.717) is 30.2 Å². The molecular formula is C23H28FN5O3. The molecule has 0 saturated carbocycles. The summed E-state index contributed by atoms with van der Waals surface area (Å²) in [4.78, 5) is 14.2. The Labute approximate surface area is 186 Å². The molecule has 3 aromatic rings. The Morgan fingerprint density at radius 3 is 2.78 bits per heavy atom. The van der Waals surface area contributed by atoms with Crippen LogP contribution in [0.3, 0.4) is 0 Å². The summed E-state index contributed by atoms with van der Waals surface area (Å²) in [5.74, 6) is 0.318. The van der Waals surface area contributed by atoms with Crippen molar-refractivity contribution >= 4 is 17.4 Å². The van der Waals surface area contributed by atoms with Gasteiger partial charge in [-0.2, -0.15) is 5.10 Å². The minimum Gasteiger partial charge on any atom is -0.489 e. The molecule has 3 N–H and O–H groups in total. The SMILES string of the molecule is Cc1cc(OCc2cccc(F)c2)ccc1NC(=O)Nc1cnn(CC(O)CN(C)C)c1. The second kappa shape index (κ2) is 10.7. The van der Waals surface area contributed by atoms with Crippen LogP contribution in [-0.2, 0) is 13.2 Å². The molecule has 1 aromatic heterocycles. The van der Waals surface area contributed by atoms with Crippen molar-refractivity contribution in [3.05, 3.63) is 71.8 Å². The molecule has 2 amide bonds. The number of aryl methyl sites for hydroxylation is 1. The Bertz CT molecular complexity index is 1050. The minimum absolute atomic E-state index is 0.248. The number of carbonyl (C=O) groups is 1. The van der Waals surface area contributed by atoms with Crippen molar-refractivity contribution in [2.24, 2.45) is 0 Å². The van der Waals surface area contributed by atoms with Crippen LogP contribution in [0, 0.1) is 12.7 Å². The summed E-state index contributed by atoms with van der Waals surface area (Å²) in [5.41, 5.74) is 2.71. The second-order valence-corrected chi connectivity index (χ2v) is 7.84. The number of likely N-dealkylation sites (N-methyl/N-ethyl adjacent to an activating group) is 1. The Balaban J connectivity index is 1.52. The Hall–Kier alpha value is -3.43. The molecule has 0 aliphatic heterocycles. The Morgan fingerprint density at radius 1 is 1.25 bits per heavy atom. The van der Waals surface area contributed by atoms with Crippen molar-refractivity contribution in [2.45, 2.75) is 26.2 Å². The number of anilines is 2. The quantitative estimate of drug-likeness (QED) is 0.473. The molecule has 0 spiro atoms. The number of nitrogens with zero attached hydrogens (tertiary/aromatic N) is 3. The standard InChI is InChI=1S/C23H28FN5O3/c1-16-9-21(32-15-17-5-4-6-18(24)10-17)7-8-22(16)27-23(31)26-19-11-25-29(12-19)14-20(30)13-28(2)3/h4-12,20,30H,13-15H2,1-3H3,(H2,26,27,31). The lowest BCUT2D eigenvalue weighted by Crippen LogP contribution is -2.29. The van der Waals surface area contributed by atoms with Crippen LogP contribution in [0.5, 0.6) is 5.75 Å². The first-order valence-electron chi connectivity index (χ1n) is 10.2. The summed E-state index contributed by atoms with van der Waals surface area (Å²) in [7, 11) is 3.77. The molecule has 170 valence electrons. The van der Waals surface area contributed by atoms with Crippen LogP contribution in [0.25, 0.3) is 0 Å². The number of benzene rings is 2. The predicted molar refractivity (Wildman–Crippen MR) is 121 cm³/mol. The molecule has 0 aliphatic rings. The van der Waals surface area contributed by atoms with Gasteiger partial charge in [-0.15, -0.1) is 0 Å². The molecule has 8 nitrogen and oxygen atoms in total. The topological polar surface area (TPSA) is 91.7 Å². The fraction of sp³-hybridized carbons (Fsp3) is 0.304. The number of hydrogen-bond acceptors (Lipinski definition) is 5. The van der Waals surface area contributed by atoms with E-state index in [1.165, 1.54) is 18.3 Å². The molecule has 2 aromatic carbocycles. The number of hydrogen-bond donors (Lipinski definition) is 3. The van der Waals surface area contributed by atoms with E-state index < -0.39 is 12.1 Å². The van der Waals surface area contributed by atoms with Gasteiger partial charge in [0, 0.05) is 18.4 Å². The van der Waals surface area contributed by atoms with Crippen LogP contribution < -0.4 is 15.4 Å². The first kappa shape index (κ1) is 23.2. The van der Waals surface area contributed by atoms with Crippen LogP contribution in [0.4, 0.5) is 20.6 Å². The Morgan fingerprint density at radius 2 is 2.06 bits per heavy atom. The second-order valence-electron chi connectivity index (χ2n) is 7.84. The van der Waals surface area contributed by atoms with Crippen LogP contribution in [0.15, 0.2) is 54.9 Å². The zero-order chi connectivity index (χ0) is 23.1. The normalized spacial score (nSPS) is 11.9. The van der Waals surface area contributed by atoms with Crippen LogP contribution >= 0.6 is 0 Å². The highest BCUT2D eigenvalue weighted by molar-refractivity contribution is 6.00. The van der Waals surface area contributed by atoms with E-state index in [1.54, 1.807) is 41.2 Å². The van der Waals surface area contributed by atoms with Gasteiger partial charge < -0.3 is 25.4 Å². The molecule has 0 bridgehead atoms.